The third kappa shape index (κ3) is 4.99. The predicted octanol–water partition coefficient (Wildman–Crippen LogP) is 3.80. The van der Waals surface area contributed by atoms with Gasteiger partial charge in [-0.1, -0.05) is 13.3 Å². The van der Waals surface area contributed by atoms with Gasteiger partial charge in [-0.15, -0.1) is 11.3 Å². The monoisotopic (exact) mass is 397 g/mol. The van der Waals surface area contributed by atoms with E-state index in [0.29, 0.717) is 17.3 Å². The van der Waals surface area contributed by atoms with Crippen LogP contribution in [0.25, 0.3) is 0 Å². The molecular weight excluding hydrogens is 382 g/mol. The maximum Gasteiger partial charge on any atom is 0.261 e. The summed E-state index contributed by atoms with van der Waals surface area (Å²) in [6.45, 7) is 2.91. The van der Waals surface area contributed by atoms with Crippen molar-refractivity contribution in [2.75, 3.05) is 13.2 Å². The van der Waals surface area contributed by atoms with E-state index < -0.39 is 0 Å². The molecule has 102 valence electrons. The number of halogens is 2. The number of carbonyl (C=O) groups is 1. The first-order chi connectivity index (χ1) is 8.58. The van der Waals surface area contributed by atoms with Crippen LogP contribution in [0.3, 0.4) is 0 Å². The molecule has 1 heterocycles. The van der Waals surface area contributed by atoms with Gasteiger partial charge in [0, 0.05) is 17.6 Å². The number of rotatable bonds is 7. The number of hydrogen-bond acceptors (Lipinski definition) is 3. The van der Waals surface area contributed by atoms with Gasteiger partial charge in [0.05, 0.1) is 8.66 Å². The van der Waals surface area contributed by atoms with Crippen LogP contribution in [0.15, 0.2) is 14.3 Å². The fraction of sp³-hybridized carbons (Fsp3) is 0.583. The molecule has 1 aromatic rings. The zero-order valence-corrected chi connectivity index (χ0v) is 14.2. The molecule has 3 nitrogen and oxygen atoms in total. The number of aliphatic hydroxyl groups excluding tert-OH is 1. The first-order valence-electron chi connectivity index (χ1n) is 5.92. The van der Waals surface area contributed by atoms with Crippen molar-refractivity contribution in [2.24, 2.45) is 5.92 Å². The molecule has 1 amide bonds. The maximum absolute atomic E-state index is 11.9. The summed E-state index contributed by atoms with van der Waals surface area (Å²) in [7, 11) is 0. The number of aliphatic hydroxyl groups is 1. The van der Waals surface area contributed by atoms with Crippen LogP contribution >= 0.6 is 43.2 Å². The lowest BCUT2D eigenvalue weighted by Gasteiger charge is -2.15. The Bertz CT molecular complexity index is 370. The van der Waals surface area contributed by atoms with Crippen molar-refractivity contribution in [3.05, 3.63) is 19.2 Å². The van der Waals surface area contributed by atoms with E-state index in [1.54, 1.807) is 0 Å². The number of thiophene rings is 1. The molecule has 1 unspecified atom stereocenters. The molecule has 0 bridgehead atoms. The Morgan fingerprint density at radius 1 is 1.50 bits per heavy atom. The number of carbonyl (C=O) groups excluding carboxylic acids is 1. The molecular formula is C12H17Br2NO2S. The molecule has 0 aliphatic rings. The highest BCUT2D eigenvalue weighted by Crippen LogP contribution is 2.32. The summed E-state index contributed by atoms with van der Waals surface area (Å²) in [4.78, 5) is 12.6. The lowest BCUT2D eigenvalue weighted by atomic mass is 10.0. The van der Waals surface area contributed by atoms with Gasteiger partial charge in [0.2, 0.25) is 0 Å². The molecule has 6 heteroatoms. The normalized spacial score (nSPS) is 12.4. The smallest absolute Gasteiger partial charge is 0.261 e. The molecule has 0 aromatic carbocycles. The number of amides is 1. The first-order valence-corrected chi connectivity index (χ1v) is 8.32. The average Bonchev–Trinajstić information content (AvgIpc) is 2.67. The molecule has 0 spiro atoms. The summed E-state index contributed by atoms with van der Waals surface area (Å²) < 4.78 is 1.83. The zero-order chi connectivity index (χ0) is 13.5. The zero-order valence-electron chi connectivity index (χ0n) is 10.2. The highest BCUT2D eigenvalue weighted by Gasteiger charge is 2.14. The summed E-state index contributed by atoms with van der Waals surface area (Å²) in [5.41, 5.74) is 0. The van der Waals surface area contributed by atoms with E-state index in [1.165, 1.54) is 11.3 Å². The molecule has 1 rings (SSSR count). The fourth-order valence-corrected chi connectivity index (χ4v) is 3.67. The number of nitrogens with one attached hydrogen (secondary N) is 1. The minimum atomic E-state index is -0.0505. The van der Waals surface area contributed by atoms with Crippen LogP contribution in [0.2, 0.25) is 0 Å². The molecule has 1 atom stereocenters. The Hall–Kier alpha value is 0.0900. The Kier molecular flexibility index (Phi) is 7.44. The van der Waals surface area contributed by atoms with E-state index in [4.69, 9.17) is 5.11 Å². The molecule has 1 aromatic heterocycles. The molecule has 0 radical (unpaired) electrons. The van der Waals surface area contributed by atoms with Crippen molar-refractivity contribution in [3.63, 3.8) is 0 Å². The lowest BCUT2D eigenvalue weighted by Crippen LogP contribution is -2.29. The van der Waals surface area contributed by atoms with Crippen molar-refractivity contribution >= 4 is 49.1 Å². The van der Waals surface area contributed by atoms with Crippen LogP contribution in [0.5, 0.6) is 0 Å². The standard InChI is InChI=1S/C12H17Br2NO2S/c1-2-3-8(4-5-16)7-15-12(17)10-6-9(13)11(14)18-10/h6,8,16H,2-5,7H2,1H3,(H,15,17). The summed E-state index contributed by atoms with van der Waals surface area (Å²) in [6, 6.07) is 1.81. The van der Waals surface area contributed by atoms with Gasteiger partial charge in [-0.05, 0) is 56.7 Å². The van der Waals surface area contributed by atoms with Gasteiger partial charge in [0.1, 0.15) is 0 Å². The van der Waals surface area contributed by atoms with Crippen LogP contribution < -0.4 is 5.32 Å². The van der Waals surface area contributed by atoms with Gasteiger partial charge in [0.25, 0.3) is 5.91 Å². The Balaban J connectivity index is 2.48. The first kappa shape index (κ1) is 16.1. The van der Waals surface area contributed by atoms with Gasteiger partial charge >= 0.3 is 0 Å². The molecule has 0 saturated heterocycles. The quantitative estimate of drug-likeness (QED) is 0.733. The summed E-state index contributed by atoms with van der Waals surface area (Å²) in [6.07, 6.45) is 2.83. The second kappa shape index (κ2) is 8.30. The van der Waals surface area contributed by atoms with Crippen molar-refractivity contribution in [2.45, 2.75) is 26.2 Å². The molecule has 2 N–H and O–H groups in total. The molecule has 0 saturated carbocycles. The molecule has 0 aliphatic heterocycles. The van der Waals surface area contributed by atoms with Crippen molar-refractivity contribution < 1.29 is 9.90 Å². The highest BCUT2D eigenvalue weighted by molar-refractivity contribution is 9.13. The van der Waals surface area contributed by atoms with Crippen molar-refractivity contribution in [1.82, 2.24) is 5.32 Å². The SMILES string of the molecule is CCCC(CCO)CNC(=O)c1cc(Br)c(Br)s1. The van der Waals surface area contributed by atoms with Gasteiger partial charge in [-0.25, -0.2) is 0 Å². The van der Waals surface area contributed by atoms with E-state index in [2.05, 4.69) is 44.1 Å². The largest absolute Gasteiger partial charge is 0.396 e. The number of hydrogen-bond donors (Lipinski definition) is 2. The van der Waals surface area contributed by atoms with Gasteiger partial charge in [-0.3, -0.25) is 4.79 Å². The Labute approximate surface area is 128 Å². The van der Waals surface area contributed by atoms with Gasteiger partial charge in [0.15, 0.2) is 0 Å². The van der Waals surface area contributed by atoms with Crippen LogP contribution in [0.4, 0.5) is 0 Å². The van der Waals surface area contributed by atoms with Gasteiger partial charge < -0.3 is 10.4 Å². The Morgan fingerprint density at radius 3 is 2.72 bits per heavy atom. The van der Waals surface area contributed by atoms with E-state index >= 15 is 0 Å². The minimum absolute atomic E-state index is 0.0505. The summed E-state index contributed by atoms with van der Waals surface area (Å²) >= 11 is 8.15. The average molecular weight is 399 g/mol. The van der Waals surface area contributed by atoms with E-state index in [9.17, 15) is 4.79 Å². The van der Waals surface area contributed by atoms with E-state index in [-0.39, 0.29) is 12.5 Å². The molecule has 0 fully saturated rings. The van der Waals surface area contributed by atoms with Crippen LogP contribution in [0.1, 0.15) is 35.9 Å². The highest BCUT2D eigenvalue weighted by atomic mass is 79.9. The van der Waals surface area contributed by atoms with Crippen molar-refractivity contribution in [3.8, 4) is 0 Å². The maximum atomic E-state index is 11.9. The van der Waals surface area contributed by atoms with Gasteiger partial charge in [-0.2, -0.15) is 0 Å². The molecule has 18 heavy (non-hydrogen) atoms. The van der Waals surface area contributed by atoms with Crippen molar-refractivity contribution in [1.29, 1.82) is 0 Å². The van der Waals surface area contributed by atoms with E-state index in [1.807, 2.05) is 6.07 Å². The predicted molar refractivity (Wildman–Crippen MR) is 82.2 cm³/mol. The minimum Gasteiger partial charge on any atom is -0.396 e. The lowest BCUT2D eigenvalue weighted by molar-refractivity contribution is 0.0947. The topological polar surface area (TPSA) is 49.3 Å². The summed E-state index contributed by atoms with van der Waals surface area (Å²) in [5, 5.41) is 11.9. The third-order valence-corrected chi connectivity index (χ3v) is 5.91. The third-order valence-electron chi connectivity index (χ3n) is 2.65. The fourth-order valence-electron chi connectivity index (χ4n) is 1.72. The summed E-state index contributed by atoms with van der Waals surface area (Å²) in [5.74, 6) is 0.307. The molecule has 0 aliphatic carbocycles. The van der Waals surface area contributed by atoms with Crippen LogP contribution in [-0.4, -0.2) is 24.2 Å². The van der Waals surface area contributed by atoms with Crippen LogP contribution in [-0.2, 0) is 0 Å². The second-order valence-electron chi connectivity index (χ2n) is 4.11. The van der Waals surface area contributed by atoms with Crippen LogP contribution in [0, 0.1) is 5.92 Å². The van der Waals surface area contributed by atoms with E-state index in [0.717, 1.165) is 27.5 Å². The Morgan fingerprint density at radius 2 is 2.22 bits per heavy atom. The second-order valence-corrected chi connectivity index (χ2v) is 7.33.